The van der Waals surface area contributed by atoms with E-state index in [0.717, 1.165) is 19.3 Å². The van der Waals surface area contributed by atoms with Gasteiger partial charge in [0.2, 0.25) is 11.8 Å². The van der Waals surface area contributed by atoms with E-state index in [9.17, 15) is 4.79 Å². The van der Waals surface area contributed by atoms with E-state index < -0.39 is 0 Å². The van der Waals surface area contributed by atoms with Gasteiger partial charge in [0.1, 0.15) is 6.33 Å². The molecule has 1 amide bonds. The highest BCUT2D eigenvalue weighted by Crippen LogP contribution is 2.27. The molecule has 0 spiro atoms. The minimum Gasteiger partial charge on any atom is -0.480 e. The third-order valence-corrected chi connectivity index (χ3v) is 3.67. The van der Waals surface area contributed by atoms with E-state index in [1.807, 2.05) is 0 Å². The number of carbonyl (C=O) groups is 1. The molecule has 1 heterocycles. The Kier molecular flexibility index (Phi) is 4.73. The van der Waals surface area contributed by atoms with Gasteiger partial charge in [0.15, 0.2) is 5.56 Å². The van der Waals surface area contributed by atoms with Crippen molar-refractivity contribution in [1.29, 1.82) is 0 Å². The van der Waals surface area contributed by atoms with Gasteiger partial charge in [0.25, 0.3) is 5.91 Å². The number of hydrogen-bond acceptors (Lipinski definition) is 6. The number of nitrogens with zero attached hydrogens (tertiary/aromatic N) is 2. The van der Waals surface area contributed by atoms with Gasteiger partial charge in [0, 0.05) is 6.04 Å². The van der Waals surface area contributed by atoms with E-state index >= 15 is 0 Å². The first-order valence-corrected chi connectivity index (χ1v) is 6.65. The Morgan fingerprint density at radius 3 is 2.55 bits per heavy atom. The topological polar surface area (TPSA) is 99.4 Å². The molecule has 0 unspecified atom stereocenters. The van der Waals surface area contributed by atoms with Crippen molar-refractivity contribution in [2.75, 3.05) is 20.8 Å². The highest BCUT2D eigenvalue weighted by atomic mass is 16.5. The van der Waals surface area contributed by atoms with Crippen molar-refractivity contribution in [3.05, 3.63) is 11.9 Å². The second-order valence-electron chi connectivity index (χ2n) is 4.77. The van der Waals surface area contributed by atoms with Gasteiger partial charge in [-0.05, 0) is 25.3 Å². The van der Waals surface area contributed by atoms with E-state index in [1.165, 1.54) is 20.5 Å². The Balaban J connectivity index is 2.20. The van der Waals surface area contributed by atoms with E-state index in [1.54, 1.807) is 0 Å². The van der Waals surface area contributed by atoms with Crippen LogP contribution in [0.2, 0.25) is 0 Å². The smallest absolute Gasteiger partial charge is 0.262 e. The van der Waals surface area contributed by atoms with Crippen LogP contribution < -0.4 is 20.5 Å². The summed E-state index contributed by atoms with van der Waals surface area (Å²) in [5.74, 6) is 0.443. The van der Waals surface area contributed by atoms with Gasteiger partial charge in [-0.3, -0.25) is 4.79 Å². The molecule has 1 aromatic heterocycles. The molecule has 1 saturated carbocycles. The van der Waals surface area contributed by atoms with E-state index in [4.69, 9.17) is 15.2 Å². The number of carbonyl (C=O) groups excluding carboxylic acids is 1. The Labute approximate surface area is 117 Å². The molecule has 0 saturated heterocycles. The van der Waals surface area contributed by atoms with Crippen LogP contribution in [0.4, 0.5) is 0 Å². The summed E-state index contributed by atoms with van der Waals surface area (Å²) in [6, 6.07) is 0.0853. The molecule has 0 aromatic carbocycles. The summed E-state index contributed by atoms with van der Waals surface area (Å²) in [4.78, 5) is 20.3. The predicted octanol–water partition coefficient (Wildman–Crippen LogP) is 0.351. The molecule has 0 aliphatic heterocycles. The van der Waals surface area contributed by atoms with Crippen molar-refractivity contribution in [2.24, 2.45) is 11.7 Å². The van der Waals surface area contributed by atoms with Gasteiger partial charge in [-0.1, -0.05) is 6.42 Å². The average molecular weight is 280 g/mol. The maximum atomic E-state index is 12.4. The second kappa shape index (κ2) is 6.51. The van der Waals surface area contributed by atoms with E-state index in [-0.39, 0.29) is 29.3 Å². The van der Waals surface area contributed by atoms with Crippen molar-refractivity contribution in [2.45, 2.75) is 25.3 Å². The third-order valence-electron chi connectivity index (χ3n) is 3.67. The molecule has 3 N–H and O–H groups in total. The molecule has 7 heteroatoms. The molecule has 20 heavy (non-hydrogen) atoms. The third kappa shape index (κ3) is 2.82. The monoisotopic (exact) mass is 280 g/mol. The SMILES string of the molecule is COc1ncnc(OC)c1C(=O)N[C@@H]1CCC[C@H]1CN. The summed E-state index contributed by atoms with van der Waals surface area (Å²) in [5, 5.41) is 2.99. The molecule has 0 bridgehead atoms. The Morgan fingerprint density at radius 1 is 1.35 bits per heavy atom. The molecule has 2 rings (SSSR count). The zero-order chi connectivity index (χ0) is 14.5. The molecule has 1 fully saturated rings. The van der Waals surface area contributed by atoms with E-state index in [0.29, 0.717) is 12.5 Å². The Hall–Kier alpha value is -1.89. The molecule has 7 nitrogen and oxygen atoms in total. The molecule has 1 aliphatic carbocycles. The summed E-state index contributed by atoms with van der Waals surface area (Å²) in [6.07, 6.45) is 4.35. The quantitative estimate of drug-likeness (QED) is 0.807. The van der Waals surface area contributed by atoms with Crippen LogP contribution in [0.1, 0.15) is 29.6 Å². The predicted molar refractivity (Wildman–Crippen MR) is 72.8 cm³/mol. The van der Waals surface area contributed by atoms with Gasteiger partial charge in [0.05, 0.1) is 14.2 Å². The maximum absolute atomic E-state index is 12.4. The lowest BCUT2D eigenvalue weighted by Crippen LogP contribution is -2.40. The second-order valence-corrected chi connectivity index (χ2v) is 4.77. The molecule has 2 atom stereocenters. The van der Waals surface area contributed by atoms with Gasteiger partial charge in [-0.25, -0.2) is 9.97 Å². The number of nitrogens with one attached hydrogen (secondary N) is 1. The molecule has 0 radical (unpaired) electrons. The first-order valence-electron chi connectivity index (χ1n) is 6.65. The average Bonchev–Trinajstić information content (AvgIpc) is 2.93. The van der Waals surface area contributed by atoms with Crippen LogP contribution in [0.5, 0.6) is 11.8 Å². The standard InChI is InChI=1S/C13H20N4O3/c1-19-12-10(13(20-2)16-7-15-12)11(18)17-9-5-3-4-8(9)6-14/h7-9H,3-6,14H2,1-2H3,(H,17,18)/t8-,9+/m0/s1. The highest BCUT2D eigenvalue weighted by molar-refractivity contribution is 5.98. The van der Waals surface area contributed by atoms with Crippen LogP contribution in [0, 0.1) is 5.92 Å². The molecular formula is C13H20N4O3. The number of methoxy groups -OCH3 is 2. The summed E-state index contributed by atoms with van der Waals surface area (Å²) in [6.45, 7) is 0.574. The van der Waals surface area contributed by atoms with Crippen molar-refractivity contribution in [3.8, 4) is 11.8 Å². The fourth-order valence-electron chi connectivity index (χ4n) is 2.61. The summed E-state index contributed by atoms with van der Waals surface area (Å²) < 4.78 is 10.2. The molecule has 1 aromatic rings. The fraction of sp³-hybridized carbons (Fsp3) is 0.615. The van der Waals surface area contributed by atoms with Gasteiger partial charge < -0.3 is 20.5 Å². The van der Waals surface area contributed by atoms with Crippen LogP contribution in [0.3, 0.4) is 0 Å². The van der Waals surface area contributed by atoms with Gasteiger partial charge in [-0.15, -0.1) is 0 Å². The van der Waals surface area contributed by atoms with Crippen molar-refractivity contribution < 1.29 is 14.3 Å². The number of nitrogens with two attached hydrogens (primary N) is 1. The molecule has 1 aliphatic rings. The van der Waals surface area contributed by atoms with Crippen LogP contribution >= 0.6 is 0 Å². The van der Waals surface area contributed by atoms with Crippen LogP contribution in [0.15, 0.2) is 6.33 Å². The zero-order valence-electron chi connectivity index (χ0n) is 11.8. The number of aromatic nitrogens is 2. The number of rotatable bonds is 5. The molecule has 110 valence electrons. The lowest BCUT2D eigenvalue weighted by atomic mass is 10.0. The largest absolute Gasteiger partial charge is 0.480 e. The van der Waals surface area contributed by atoms with Crippen molar-refractivity contribution in [1.82, 2.24) is 15.3 Å². The Bertz CT molecular complexity index is 458. The summed E-state index contributed by atoms with van der Waals surface area (Å²) in [5.41, 5.74) is 5.95. The number of amides is 1. The van der Waals surface area contributed by atoms with E-state index in [2.05, 4.69) is 15.3 Å². The normalized spacial score (nSPS) is 21.6. The minimum absolute atomic E-state index is 0.0853. The maximum Gasteiger partial charge on any atom is 0.262 e. The van der Waals surface area contributed by atoms with Gasteiger partial charge >= 0.3 is 0 Å². The van der Waals surface area contributed by atoms with Crippen LogP contribution in [-0.4, -0.2) is 42.7 Å². The lowest BCUT2D eigenvalue weighted by molar-refractivity contribution is 0.0920. The zero-order valence-corrected chi connectivity index (χ0v) is 11.8. The first-order chi connectivity index (χ1) is 9.71. The fourth-order valence-corrected chi connectivity index (χ4v) is 2.61. The van der Waals surface area contributed by atoms with Crippen LogP contribution in [0.25, 0.3) is 0 Å². The van der Waals surface area contributed by atoms with Gasteiger partial charge in [-0.2, -0.15) is 0 Å². The lowest BCUT2D eigenvalue weighted by Gasteiger charge is -2.20. The number of hydrogen-bond donors (Lipinski definition) is 2. The highest BCUT2D eigenvalue weighted by Gasteiger charge is 2.30. The molecular weight excluding hydrogens is 260 g/mol. The summed E-state index contributed by atoms with van der Waals surface area (Å²) in [7, 11) is 2.91. The van der Waals surface area contributed by atoms with Crippen molar-refractivity contribution in [3.63, 3.8) is 0 Å². The first kappa shape index (κ1) is 14.5. The minimum atomic E-state index is -0.287. The number of ether oxygens (including phenoxy) is 2. The van der Waals surface area contributed by atoms with Crippen molar-refractivity contribution >= 4 is 5.91 Å². The summed E-state index contributed by atoms with van der Waals surface area (Å²) >= 11 is 0. The Morgan fingerprint density at radius 2 is 2.00 bits per heavy atom. The van der Waals surface area contributed by atoms with Crippen LogP contribution in [-0.2, 0) is 0 Å².